The van der Waals surface area contributed by atoms with E-state index >= 15 is 0 Å². The molecule has 3 aromatic rings. The normalized spacial score (nSPS) is 10.9. The van der Waals surface area contributed by atoms with Gasteiger partial charge in [-0.1, -0.05) is 30.0 Å². The van der Waals surface area contributed by atoms with Crippen molar-refractivity contribution in [1.82, 2.24) is 20.2 Å². The Kier molecular flexibility index (Phi) is 6.85. The Balaban J connectivity index is 1.58. The first-order valence-corrected chi connectivity index (χ1v) is 9.75. The molecule has 2 aromatic carbocycles. The molecule has 0 spiro atoms. The third-order valence-corrected chi connectivity index (χ3v) is 4.88. The van der Waals surface area contributed by atoms with Crippen molar-refractivity contribution >= 4 is 23.9 Å². The largest absolute Gasteiger partial charge is 0.493 e. The van der Waals surface area contributed by atoms with E-state index in [1.165, 1.54) is 11.8 Å². The standard InChI is InChI=1S/C20H21N5O3S/c1-14-22-24-20(25(14)16-7-5-4-6-8-16)29-13-19(26)23-21-12-15-9-10-17(27-2)18(11-15)28-3/h4-12H,13H2,1-3H3,(H,23,26)/b21-12+. The molecule has 0 aliphatic heterocycles. The summed E-state index contributed by atoms with van der Waals surface area (Å²) in [6.07, 6.45) is 1.54. The Hall–Kier alpha value is -3.33. The molecule has 1 amide bonds. The second-order valence-electron chi connectivity index (χ2n) is 5.90. The molecule has 0 unspecified atom stereocenters. The number of ether oxygens (including phenoxy) is 2. The number of nitrogens with zero attached hydrogens (tertiary/aromatic N) is 4. The molecule has 0 fully saturated rings. The van der Waals surface area contributed by atoms with Crippen LogP contribution in [0.15, 0.2) is 58.8 Å². The Morgan fingerprint density at radius 1 is 1.14 bits per heavy atom. The quantitative estimate of drug-likeness (QED) is 0.348. The Bertz CT molecular complexity index is 1000. The third kappa shape index (κ3) is 5.14. The van der Waals surface area contributed by atoms with Crippen LogP contribution in [0, 0.1) is 6.92 Å². The number of aryl methyl sites for hydroxylation is 1. The number of para-hydroxylation sites is 1. The van der Waals surface area contributed by atoms with Crippen LogP contribution < -0.4 is 14.9 Å². The monoisotopic (exact) mass is 411 g/mol. The van der Waals surface area contributed by atoms with Gasteiger partial charge >= 0.3 is 0 Å². The highest BCUT2D eigenvalue weighted by Crippen LogP contribution is 2.26. The van der Waals surface area contributed by atoms with Gasteiger partial charge in [-0.3, -0.25) is 9.36 Å². The topological polar surface area (TPSA) is 90.6 Å². The summed E-state index contributed by atoms with van der Waals surface area (Å²) in [5.74, 6) is 1.89. The van der Waals surface area contributed by atoms with Gasteiger partial charge in [0.2, 0.25) is 0 Å². The number of thioether (sulfide) groups is 1. The molecule has 0 aliphatic carbocycles. The number of aromatic nitrogens is 3. The van der Waals surface area contributed by atoms with E-state index in [0.717, 1.165) is 17.1 Å². The van der Waals surface area contributed by atoms with Gasteiger partial charge in [0.1, 0.15) is 5.82 Å². The van der Waals surface area contributed by atoms with Crippen LogP contribution in [0.25, 0.3) is 5.69 Å². The van der Waals surface area contributed by atoms with E-state index in [1.54, 1.807) is 32.6 Å². The molecule has 3 rings (SSSR count). The van der Waals surface area contributed by atoms with Gasteiger partial charge in [-0.25, -0.2) is 5.43 Å². The number of hydrazone groups is 1. The first kappa shape index (κ1) is 20.4. The van der Waals surface area contributed by atoms with E-state index in [1.807, 2.05) is 47.9 Å². The fourth-order valence-electron chi connectivity index (χ4n) is 2.59. The lowest BCUT2D eigenvalue weighted by molar-refractivity contribution is -0.118. The number of methoxy groups -OCH3 is 2. The molecule has 0 saturated heterocycles. The second-order valence-corrected chi connectivity index (χ2v) is 6.84. The molecule has 0 aliphatic rings. The molecule has 9 heteroatoms. The molecule has 1 N–H and O–H groups in total. The van der Waals surface area contributed by atoms with Gasteiger partial charge in [-0.2, -0.15) is 5.10 Å². The van der Waals surface area contributed by atoms with Crippen LogP contribution >= 0.6 is 11.8 Å². The molecule has 150 valence electrons. The van der Waals surface area contributed by atoms with E-state index in [2.05, 4.69) is 20.7 Å². The highest BCUT2D eigenvalue weighted by atomic mass is 32.2. The lowest BCUT2D eigenvalue weighted by Crippen LogP contribution is -2.20. The summed E-state index contributed by atoms with van der Waals surface area (Å²) in [5, 5.41) is 12.9. The molecule has 0 bridgehead atoms. The predicted molar refractivity (Wildman–Crippen MR) is 112 cm³/mol. The number of carbonyl (C=O) groups is 1. The van der Waals surface area contributed by atoms with Gasteiger partial charge < -0.3 is 9.47 Å². The van der Waals surface area contributed by atoms with Crippen LogP contribution in [0.3, 0.4) is 0 Å². The Morgan fingerprint density at radius 3 is 2.62 bits per heavy atom. The maximum absolute atomic E-state index is 12.1. The molecular weight excluding hydrogens is 390 g/mol. The maximum atomic E-state index is 12.1. The van der Waals surface area contributed by atoms with Gasteiger partial charge in [0.25, 0.3) is 5.91 Å². The minimum Gasteiger partial charge on any atom is -0.493 e. The van der Waals surface area contributed by atoms with Gasteiger partial charge in [0, 0.05) is 5.69 Å². The zero-order chi connectivity index (χ0) is 20.6. The fourth-order valence-corrected chi connectivity index (χ4v) is 3.37. The summed E-state index contributed by atoms with van der Waals surface area (Å²) < 4.78 is 12.4. The van der Waals surface area contributed by atoms with E-state index in [0.29, 0.717) is 16.7 Å². The Morgan fingerprint density at radius 2 is 1.90 bits per heavy atom. The summed E-state index contributed by atoms with van der Waals surface area (Å²) in [6.45, 7) is 1.87. The lowest BCUT2D eigenvalue weighted by atomic mass is 10.2. The molecule has 1 heterocycles. The first-order chi connectivity index (χ1) is 14.1. The van der Waals surface area contributed by atoms with Gasteiger partial charge in [0.05, 0.1) is 26.2 Å². The van der Waals surface area contributed by atoms with Crippen LogP contribution in [0.2, 0.25) is 0 Å². The van der Waals surface area contributed by atoms with Crippen molar-refractivity contribution in [3.05, 3.63) is 59.9 Å². The minimum atomic E-state index is -0.244. The van der Waals surface area contributed by atoms with Crippen LogP contribution in [-0.4, -0.2) is 46.9 Å². The molecule has 29 heavy (non-hydrogen) atoms. The summed E-state index contributed by atoms with van der Waals surface area (Å²) in [7, 11) is 3.14. The highest BCUT2D eigenvalue weighted by Gasteiger charge is 2.13. The molecule has 1 aromatic heterocycles. The van der Waals surface area contributed by atoms with Crippen molar-refractivity contribution < 1.29 is 14.3 Å². The lowest BCUT2D eigenvalue weighted by Gasteiger charge is -2.08. The predicted octanol–water partition coefficient (Wildman–Crippen LogP) is 2.84. The fraction of sp³-hybridized carbons (Fsp3) is 0.200. The van der Waals surface area contributed by atoms with Crippen molar-refractivity contribution in [1.29, 1.82) is 0 Å². The SMILES string of the molecule is COc1ccc(/C=N/NC(=O)CSc2nnc(C)n2-c2ccccc2)cc1OC. The number of hydrogen-bond acceptors (Lipinski definition) is 7. The molecule has 0 atom stereocenters. The number of amides is 1. The number of rotatable bonds is 8. The second kappa shape index (κ2) is 9.74. The van der Waals surface area contributed by atoms with Gasteiger partial charge in [0.15, 0.2) is 16.7 Å². The van der Waals surface area contributed by atoms with Crippen molar-refractivity contribution in [2.45, 2.75) is 12.1 Å². The average molecular weight is 411 g/mol. The van der Waals surface area contributed by atoms with Crippen molar-refractivity contribution in [2.24, 2.45) is 5.10 Å². The molecule has 8 nitrogen and oxygen atoms in total. The summed E-state index contributed by atoms with van der Waals surface area (Å²) >= 11 is 1.29. The van der Waals surface area contributed by atoms with Crippen LogP contribution in [0.5, 0.6) is 11.5 Å². The summed E-state index contributed by atoms with van der Waals surface area (Å²) in [6, 6.07) is 15.1. The van der Waals surface area contributed by atoms with Crippen LogP contribution in [-0.2, 0) is 4.79 Å². The smallest absolute Gasteiger partial charge is 0.250 e. The number of benzene rings is 2. The highest BCUT2D eigenvalue weighted by molar-refractivity contribution is 7.99. The van der Waals surface area contributed by atoms with E-state index < -0.39 is 0 Å². The van der Waals surface area contributed by atoms with E-state index in [9.17, 15) is 4.79 Å². The van der Waals surface area contributed by atoms with Crippen LogP contribution in [0.4, 0.5) is 0 Å². The molecule has 0 radical (unpaired) electrons. The van der Waals surface area contributed by atoms with Crippen molar-refractivity contribution in [3.63, 3.8) is 0 Å². The summed E-state index contributed by atoms with van der Waals surface area (Å²) in [5.41, 5.74) is 4.24. The van der Waals surface area contributed by atoms with E-state index in [4.69, 9.17) is 9.47 Å². The molecular formula is C20H21N5O3S. The average Bonchev–Trinajstić information content (AvgIpc) is 3.13. The summed E-state index contributed by atoms with van der Waals surface area (Å²) in [4.78, 5) is 12.1. The van der Waals surface area contributed by atoms with Gasteiger partial charge in [-0.15, -0.1) is 10.2 Å². The van der Waals surface area contributed by atoms with Crippen molar-refractivity contribution in [3.8, 4) is 17.2 Å². The van der Waals surface area contributed by atoms with Crippen LogP contribution in [0.1, 0.15) is 11.4 Å². The third-order valence-electron chi connectivity index (χ3n) is 3.95. The first-order valence-electron chi connectivity index (χ1n) is 8.76. The number of nitrogens with one attached hydrogen (secondary N) is 1. The van der Waals surface area contributed by atoms with Crippen molar-refractivity contribution in [2.75, 3.05) is 20.0 Å². The Labute approximate surface area is 172 Å². The minimum absolute atomic E-state index is 0.161. The number of carbonyl (C=O) groups excluding carboxylic acids is 1. The maximum Gasteiger partial charge on any atom is 0.250 e. The zero-order valence-electron chi connectivity index (χ0n) is 16.3. The zero-order valence-corrected chi connectivity index (χ0v) is 17.1. The molecule has 0 saturated carbocycles. The number of hydrogen-bond donors (Lipinski definition) is 1. The van der Waals surface area contributed by atoms with E-state index in [-0.39, 0.29) is 11.7 Å². The van der Waals surface area contributed by atoms with Gasteiger partial charge in [-0.05, 0) is 42.8 Å².